The molecule has 0 radical (unpaired) electrons. The summed E-state index contributed by atoms with van der Waals surface area (Å²) in [7, 11) is 0. The van der Waals surface area contributed by atoms with Crippen molar-refractivity contribution in [3.05, 3.63) is 0 Å². The van der Waals surface area contributed by atoms with Crippen molar-refractivity contribution in [2.75, 3.05) is 13.1 Å². The molecule has 0 aromatic rings. The van der Waals surface area contributed by atoms with Gasteiger partial charge in [-0.1, -0.05) is 19.8 Å². The van der Waals surface area contributed by atoms with Crippen molar-refractivity contribution >= 4 is 11.8 Å². The SMILES string of the molecule is CCCCCNC(=O)C(C)NC(C)C(=O)NCC. The maximum absolute atomic E-state index is 11.7. The topological polar surface area (TPSA) is 70.2 Å². The van der Waals surface area contributed by atoms with Gasteiger partial charge in [-0.05, 0) is 27.2 Å². The molecular weight excluding hydrogens is 230 g/mol. The van der Waals surface area contributed by atoms with Crippen LogP contribution in [0.2, 0.25) is 0 Å². The quantitative estimate of drug-likeness (QED) is 0.535. The van der Waals surface area contributed by atoms with Crippen LogP contribution in [0.3, 0.4) is 0 Å². The maximum atomic E-state index is 11.7. The average molecular weight is 257 g/mol. The average Bonchev–Trinajstić information content (AvgIpc) is 2.34. The molecule has 0 heterocycles. The first kappa shape index (κ1) is 16.9. The fourth-order valence-corrected chi connectivity index (χ4v) is 1.59. The first-order chi connectivity index (χ1) is 8.52. The Morgan fingerprint density at radius 1 is 0.944 bits per heavy atom. The van der Waals surface area contributed by atoms with Crippen molar-refractivity contribution in [1.29, 1.82) is 0 Å². The number of carbonyl (C=O) groups is 2. The van der Waals surface area contributed by atoms with E-state index in [1.807, 2.05) is 6.92 Å². The Hall–Kier alpha value is -1.10. The molecule has 0 aliphatic heterocycles. The van der Waals surface area contributed by atoms with Crippen LogP contribution in [0.4, 0.5) is 0 Å². The lowest BCUT2D eigenvalue weighted by Crippen LogP contribution is -2.51. The van der Waals surface area contributed by atoms with Crippen molar-refractivity contribution in [2.45, 2.75) is 59.0 Å². The van der Waals surface area contributed by atoms with E-state index in [0.717, 1.165) is 19.3 Å². The van der Waals surface area contributed by atoms with Crippen molar-refractivity contribution in [3.63, 3.8) is 0 Å². The number of likely N-dealkylation sites (N-methyl/N-ethyl adjacent to an activating group) is 1. The summed E-state index contributed by atoms with van der Waals surface area (Å²) >= 11 is 0. The highest BCUT2D eigenvalue weighted by molar-refractivity contribution is 5.84. The first-order valence-corrected chi connectivity index (χ1v) is 6.84. The zero-order valence-electron chi connectivity index (χ0n) is 12.0. The standard InChI is InChI=1S/C13H27N3O2/c1-5-7-8-9-15-13(18)11(4)16-10(3)12(17)14-6-2/h10-11,16H,5-9H2,1-4H3,(H,14,17)(H,15,18). The molecule has 0 spiro atoms. The van der Waals surface area contributed by atoms with Gasteiger partial charge >= 0.3 is 0 Å². The Morgan fingerprint density at radius 2 is 1.50 bits per heavy atom. The van der Waals surface area contributed by atoms with Gasteiger partial charge in [0.1, 0.15) is 0 Å². The molecule has 0 aromatic carbocycles. The summed E-state index contributed by atoms with van der Waals surface area (Å²) in [4.78, 5) is 23.2. The molecule has 0 saturated carbocycles. The smallest absolute Gasteiger partial charge is 0.236 e. The molecule has 0 saturated heterocycles. The molecule has 2 amide bonds. The van der Waals surface area contributed by atoms with Gasteiger partial charge < -0.3 is 10.6 Å². The molecule has 0 aliphatic carbocycles. The van der Waals surface area contributed by atoms with Gasteiger partial charge in [-0.25, -0.2) is 0 Å². The van der Waals surface area contributed by atoms with E-state index in [0.29, 0.717) is 13.1 Å². The highest BCUT2D eigenvalue weighted by Crippen LogP contribution is 1.93. The highest BCUT2D eigenvalue weighted by Gasteiger charge is 2.18. The number of hydrogen-bond acceptors (Lipinski definition) is 3. The lowest BCUT2D eigenvalue weighted by molar-refractivity contribution is -0.125. The molecule has 2 atom stereocenters. The Kier molecular flexibility index (Phi) is 9.28. The van der Waals surface area contributed by atoms with Gasteiger partial charge in [0.05, 0.1) is 12.1 Å². The zero-order valence-corrected chi connectivity index (χ0v) is 12.0. The van der Waals surface area contributed by atoms with E-state index in [1.54, 1.807) is 13.8 Å². The molecule has 3 N–H and O–H groups in total. The molecule has 5 heteroatoms. The molecule has 18 heavy (non-hydrogen) atoms. The van der Waals surface area contributed by atoms with E-state index >= 15 is 0 Å². The van der Waals surface area contributed by atoms with Gasteiger partial charge in [0.2, 0.25) is 11.8 Å². The minimum Gasteiger partial charge on any atom is -0.355 e. The monoisotopic (exact) mass is 257 g/mol. The van der Waals surface area contributed by atoms with Crippen molar-refractivity contribution in [3.8, 4) is 0 Å². The number of carbonyl (C=O) groups excluding carboxylic acids is 2. The van der Waals surface area contributed by atoms with E-state index < -0.39 is 0 Å². The third-order valence-electron chi connectivity index (χ3n) is 2.72. The third kappa shape index (κ3) is 7.27. The summed E-state index contributed by atoms with van der Waals surface area (Å²) in [5.74, 6) is -0.134. The molecule has 2 unspecified atom stereocenters. The number of hydrogen-bond donors (Lipinski definition) is 3. The summed E-state index contributed by atoms with van der Waals surface area (Å²) in [6.45, 7) is 8.82. The molecule has 0 fully saturated rings. The van der Waals surface area contributed by atoms with E-state index in [-0.39, 0.29) is 23.9 Å². The number of nitrogens with one attached hydrogen (secondary N) is 3. The fraction of sp³-hybridized carbons (Fsp3) is 0.846. The van der Waals surface area contributed by atoms with Gasteiger partial charge in [-0.2, -0.15) is 0 Å². The molecule has 0 aliphatic rings. The van der Waals surface area contributed by atoms with Crippen LogP contribution in [0.1, 0.15) is 47.0 Å². The third-order valence-corrected chi connectivity index (χ3v) is 2.72. The van der Waals surface area contributed by atoms with Crippen LogP contribution < -0.4 is 16.0 Å². The van der Waals surface area contributed by atoms with Crippen LogP contribution in [0.25, 0.3) is 0 Å². The molecule has 5 nitrogen and oxygen atoms in total. The Labute approximate surface area is 110 Å². The molecule has 0 bridgehead atoms. The second-order valence-corrected chi connectivity index (χ2v) is 4.50. The predicted molar refractivity (Wildman–Crippen MR) is 73.3 cm³/mol. The van der Waals surface area contributed by atoms with Crippen LogP contribution in [0, 0.1) is 0 Å². The molecule has 0 rings (SSSR count). The van der Waals surface area contributed by atoms with Gasteiger partial charge in [0.15, 0.2) is 0 Å². The van der Waals surface area contributed by atoms with Gasteiger partial charge in [0.25, 0.3) is 0 Å². The van der Waals surface area contributed by atoms with E-state index in [1.165, 1.54) is 0 Å². The largest absolute Gasteiger partial charge is 0.355 e. The summed E-state index contributed by atoms with van der Waals surface area (Å²) < 4.78 is 0. The molecular formula is C13H27N3O2. The highest BCUT2D eigenvalue weighted by atomic mass is 16.2. The molecule has 106 valence electrons. The normalized spacial score (nSPS) is 13.8. The van der Waals surface area contributed by atoms with Crippen LogP contribution in [0.15, 0.2) is 0 Å². The minimum atomic E-state index is -0.360. The summed E-state index contributed by atoms with van der Waals surface area (Å²) in [6, 6.07) is -0.717. The van der Waals surface area contributed by atoms with Crippen molar-refractivity contribution < 1.29 is 9.59 Å². The number of rotatable bonds is 9. The van der Waals surface area contributed by atoms with E-state index in [4.69, 9.17) is 0 Å². The summed E-state index contributed by atoms with van der Waals surface area (Å²) in [5.41, 5.74) is 0. The molecule has 0 aromatic heterocycles. The van der Waals surface area contributed by atoms with Gasteiger partial charge in [-0.15, -0.1) is 0 Å². The lowest BCUT2D eigenvalue weighted by Gasteiger charge is -2.19. The van der Waals surface area contributed by atoms with Crippen LogP contribution in [-0.4, -0.2) is 37.0 Å². The van der Waals surface area contributed by atoms with Crippen molar-refractivity contribution in [1.82, 2.24) is 16.0 Å². The summed E-state index contributed by atoms with van der Waals surface area (Å²) in [6.07, 6.45) is 3.26. The second kappa shape index (κ2) is 9.88. The van der Waals surface area contributed by atoms with Crippen LogP contribution >= 0.6 is 0 Å². The summed E-state index contributed by atoms with van der Waals surface area (Å²) in [5, 5.41) is 8.56. The van der Waals surface area contributed by atoms with Crippen LogP contribution in [-0.2, 0) is 9.59 Å². The maximum Gasteiger partial charge on any atom is 0.236 e. The van der Waals surface area contributed by atoms with Gasteiger partial charge in [-0.3, -0.25) is 14.9 Å². The van der Waals surface area contributed by atoms with Crippen molar-refractivity contribution in [2.24, 2.45) is 0 Å². The Morgan fingerprint density at radius 3 is 2.00 bits per heavy atom. The minimum absolute atomic E-state index is 0.0535. The Bertz CT molecular complexity index is 257. The zero-order chi connectivity index (χ0) is 14.0. The predicted octanol–water partition coefficient (Wildman–Crippen LogP) is 0.796. The first-order valence-electron chi connectivity index (χ1n) is 6.84. The van der Waals surface area contributed by atoms with E-state index in [2.05, 4.69) is 22.9 Å². The number of unbranched alkanes of at least 4 members (excludes halogenated alkanes) is 2. The van der Waals surface area contributed by atoms with E-state index in [9.17, 15) is 9.59 Å². The van der Waals surface area contributed by atoms with Crippen LogP contribution in [0.5, 0.6) is 0 Å². The van der Waals surface area contributed by atoms with Gasteiger partial charge in [0, 0.05) is 13.1 Å². The Balaban J connectivity index is 3.88. The second-order valence-electron chi connectivity index (χ2n) is 4.50. The fourth-order valence-electron chi connectivity index (χ4n) is 1.59. The lowest BCUT2D eigenvalue weighted by atomic mass is 10.2. The number of amides is 2.